The van der Waals surface area contributed by atoms with Gasteiger partial charge in [0.15, 0.2) is 0 Å². The number of benzene rings is 8. The van der Waals surface area contributed by atoms with E-state index in [1.54, 1.807) is 0 Å². The molecule has 1 aromatic heterocycles. The summed E-state index contributed by atoms with van der Waals surface area (Å²) in [6, 6.07) is 63.2. The van der Waals surface area contributed by atoms with Gasteiger partial charge in [0.25, 0.3) is 0 Å². The summed E-state index contributed by atoms with van der Waals surface area (Å²) < 4.78 is 2.65. The van der Waals surface area contributed by atoms with Gasteiger partial charge in [0, 0.05) is 36.9 Å². The molecule has 0 N–H and O–H groups in total. The molecule has 1 nitrogen and oxygen atoms in total. The predicted molar refractivity (Wildman–Crippen MR) is 226 cm³/mol. The fourth-order valence-corrected chi connectivity index (χ4v) is 9.89. The molecular formula is C50H39NS. The van der Waals surface area contributed by atoms with Crippen LogP contribution in [0.4, 0.5) is 17.1 Å². The van der Waals surface area contributed by atoms with Crippen molar-refractivity contribution in [2.24, 2.45) is 0 Å². The maximum atomic E-state index is 2.51. The number of anilines is 3. The summed E-state index contributed by atoms with van der Waals surface area (Å²) in [6.45, 7) is 0. The zero-order valence-corrected chi connectivity index (χ0v) is 30.0. The zero-order valence-electron chi connectivity index (χ0n) is 29.1. The molecule has 1 heterocycles. The summed E-state index contributed by atoms with van der Waals surface area (Å²) in [7, 11) is 0. The smallest absolute Gasteiger partial charge is 0.0540 e. The van der Waals surface area contributed by atoms with Crippen LogP contribution in [0.3, 0.4) is 0 Å². The lowest BCUT2D eigenvalue weighted by molar-refractivity contribution is 0.445. The number of fused-ring (bicyclic) bond motifs is 5. The Morgan fingerprint density at radius 3 is 1.92 bits per heavy atom. The highest BCUT2D eigenvalue weighted by molar-refractivity contribution is 7.25. The van der Waals surface area contributed by atoms with Crippen LogP contribution in [0.2, 0.25) is 0 Å². The van der Waals surface area contributed by atoms with Gasteiger partial charge in [-0.05, 0) is 105 Å². The van der Waals surface area contributed by atoms with Gasteiger partial charge in [-0.25, -0.2) is 0 Å². The van der Waals surface area contributed by atoms with Crippen LogP contribution in [-0.2, 0) is 0 Å². The van der Waals surface area contributed by atoms with Crippen LogP contribution in [-0.4, -0.2) is 0 Å². The van der Waals surface area contributed by atoms with E-state index in [0.717, 1.165) is 5.69 Å². The molecule has 0 aliphatic heterocycles. The summed E-state index contributed by atoms with van der Waals surface area (Å²) >= 11 is 1.88. The molecule has 9 aromatic rings. The fourth-order valence-electron chi connectivity index (χ4n) is 8.80. The van der Waals surface area contributed by atoms with Crippen LogP contribution < -0.4 is 4.90 Å². The van der Waals surface area contributed by atoms with Crippen LogP contribution >= 0.6 is 11.3 Å². The van der Waals surface area contributed by atoms with Crippen molar-refractivity contribution in [3.8, 4) is 22.3 Å². The predicted octanol–water partition coefficient (Wildman–Crippen LogP) is 15.2. The number of hydrogen-bond donors (Lipinski definition) is 0. The van der Waals surface area contributed by atoms with Gasteiger partial charge in [0.05, 0.1) is 5.69 Å². The van der Waals surface area contributed by atoms with Gasteiger partial charge in [0.2, 0.25) is 0 Å². The van der Waals surface area contributed by atoms with Crippen LogP contribution in [0.1, 0.15) is 43.6 Å². The molecule has 52 heavy (non-hydrogen) atoms. The van der Waals surface area contributed by atoms with Gasteiger partial charge >= 0.3 is 0 Å². The van der Waals surface area contributed by atoms with Gasteiger partial charge in [-0.2, -0.15) is 0 Å². The molecule has 0 bridgehead atoms. The number of rotatable bonds is 6. The minimum atomic E-state index is 0.628. The summed E-state index contributed by atoms with van der Waals surface area (Å²) in [5.41, 5.74) is 10.0. The third kappa shape index (κ3) is 5.38. The van der Waals surface area contributed by atoms with Crippen molar-refractivity contribution in [1.82, 2.24) is 0 Å². The first kappa shape index (κ1) is 31.1. The average molecular weight is 686 g/mol. The summed E-state index contributed by atoms with van der Waals surface area (Å²) in [4.78, 5) is 2.51. The molecule has 1 aliphatic carbocycles. The molecule has 0 amide bonds. The van der Waals surface area contributed by atoms with Crippen LogP contribution in [0.5, 0.6) is 0 Å². The van der Waals surface area contributed by atoms with Crippen LogP contribution in [0.15, 0.2) is 170 Å². The molecular weight excluding hydrogens is 647 g/mol. The minimum absolute atomic E-state index is 0.628. The highest BCUT2D eigenvalue weighted by Crippen LogP contribution is 2.46. The molecule has 8 aromatic carbocycles. The van der Waals surface area contributed by atoms with E-state index in [4.69, 9.17) is 0 Å². The van der Waals surface area contributed by atoms with Crippen molar-refractivity contribution >= 4 is 70.1 Å². The lowest BCUT2D eigenvalue weighted by atomic mass is 9.82. The highest BCUT2D eigenvalue weighted by atomic mass is 32.1. The number of hydrogen-bond acceptors (Lipinski definition) is 2. The van der Waals surface area contributed by atoms with E-state index in [-0.39, 0.29) is 0 Å². The quantitative estimate of drug-likeness (QED) is 0.168. The fraction of sp³-hybridized carbons (Fsp3) is 0.120. The lowest BCUT2D eigenvalue weighted by Crippen LogP contribution is -2.12. The second-order valence-corrected chi connectivity index (χ2v) is 15.4. The molecule has 1 saturated carbocycles. The Kier molecular flexibility index (Phi) is 7.84. The van der Waals surface area contributed by atoms with Crippen molar-refractivity contribution in [2.75, 3.05) is 4.90 Å². The van der Waals surface area contributed by atoms with Gasteiger partial charge in [-0.15, -0.1) is 11.3 Å². The molecule has 250 valence electrons. The van der Waals surface area contributed by atoms with E-state index in [1.807, 2.05) is 11.3 Å². The van der Waals surface area contributed by atoms with E-state index >= 15 is 0 Å². The molecule has 1 aliphatic rings. The monoisotopic (exact) mass is 685 g/mol. The minimum Gasteiger partial charge on any atom is -0.310 e. The van der Waals surface area contributed by atoms with Crippen LogP contribution in [0, 0.1) is 0 Å². The van der Waals surface area contributed by atoms with Crippen LogP contribution in [0.25, 0.3) is 64.0 Å². The van der Waals surface area contributed by atoms with E-state index in [9.17, 15) is 0 Å². The molecule has 0 unspecified atom stereocenters. The zero-order chi connectivity index (χ0) is 34.4. The summed E-state index contributed by atoms with van der Waals surface area (Å²) in [5.74, 6) is 0.628. The van der Waals surface area contributed by atoms with Crippen molar-refractivity contribution in [3.63, 3.8) is 0 Å². The standard InChI is InChI=1S/C50H39NS/c1-3-14-34(15-4-1)40-29-30-47(44-23-8-7-22-43(40)44)51(39-28-31-49-46(33-39)45-24-9-10-27-48(45)52-49)38-21-11-20-37(32-38)42-26-13-19-36-18-12-25-41(50(36)42)35-16-5-2-6-17-35/h2,5-13,16-34H,1,3-4,14-15H2. The van der Waals surface area contributed by atoms with E-state index in [1.165, 1.54) is 113 Å². The average Bonchev–Trinajstić information content (AvgIpc) is 3.59. The Labute approximate surface area is 309 Å². The summed E-state index contributed by atoms with van der Waals surface area (Å²) in [6.07, 6.45) is 6.59. The molecule has 0 spiro atoms. The SMILES string of the molecule is c1ccc(-c2cccc3cccc(-c4cccc(N(c5ccc6sc7ccccc7c6c5)c5ccc(C6CCCCC6)c6ccccc56)c4)c23)cc1. The van der Waals surface area contributed by atoms with Gasteiger partial charge < -0.3 is 4.90 Å². The molecule has 0 radical (unpaired) electrons. The largest absolute Gasteiger partial charge is 0.310 e. The molecule has 0 saturated heterocycles. The van der Waals surface area contributed by atoms with Crippen molar-refractivity contribution in [1.29, 1.82) is 0 Å². The normalized spacial score (nSPS) is 13.7. The lowest BCUT2D eigenvalue weighted by Gasteiger charge is -2.30. The van der Waals surface area contributed by atoms with E-state index < -0.39 is 0 Å². The summed E-state index contributed by atoms with van der Waals surface area (Å²) in [5, 5.41) is 7.86. The van der Waals surface area contributed by atoms with E-state index in [0.29, 0.717) is 5.92 Å². The second-order valence-electron chi connectivity index (χ2n) is 14.3. The first-order valence-electron chi connectivity index (χ1n) is 18.7. The Morgan fingerprint density at radius 1 is 0.442 bits per heavy atom. The Balaban J connectivity index is 1.20. The van der Waals surface area contributed by atoms with Gasteiger partial charge in [-0.1, -0.05) is 147 Å². The van der Waals surface area contributed by atoms with Crippen molar-refractivity contribution in [2.45, 2.75) is 38.0 Å². The third-order valence-corrected chi connectivity index (χ3v) is 12.4. The van der Waals surface area contributed by atoms with Gasteiger partial charge in [0.1, 0.15) is 0 Å². The Morgan fingerprint density at radius 2 is 1.10 bits per heavy atom. The van der Waals surface area contributed by atoms with Gasteiger partial charge in [-0.3, -0.25) is 0 Å². The van der Waals surface area contributed by atoms with E-state index in [2.05, 4.69) is 175 Å². The maximum Gasteiger partial charge on any atom is 0.0540 e. The Hall–Kier alpha value is -5.70. The van der Waals surface area contributed by atoms with Crippen molar-refractivity contribution < 1.29 is 0 Å². The molecule has 1 fully saturated rings. The molecule has 2 heteroatoms. The number of nitrogens with zero attached hydrogens (tertiary/aromatic N) is 1. The number of thiophene rings is 1. The topological polar surface area (TPSA) is 3.24 Å². The second kappa shape index (κ2) is 13.1. The first-order valence-corrected chi connectivity index (χ1v) is 19.5. The third-order valence-electron chi connectivity index (χ3n) is 11.2. The molecule has 0 atom stereocenters. The molecule has 10 rings (SSSR count). The highest BCUT2D eigenvalue weighted by Gasteiger charge is 2.23. The Bertz CT molecular complexity index is 2730. The maximum absolute atomic E-state index is 2.51. The first-order chi connectivity index (χ1) is 25.8. The van der Waals surface area contributed by atoms with Crippen molar-refractivity contribution in [3.05, 3.63) is 175 Å².